The summed E-state index contributed by atoms with van der Waals surface area (Å²) in [5.74, 6) is 5.70. The van der Waals surface area contributed by atoms with Gasteiger partial charge in [-0.05, 0) is 42.1 Å². The molecule has 0 amide bonds. The molecule has 0 fully saturated rings. The molecule has 3 heterocycles. The number of nitrogens with two attached hydrogens (primary N) is 1. The van der Waals surface area contributed by atoms with Gasteiger partial charge in [0.25, 0.3) is 0 Å². The van der Waals surface area contributed by atoms with E-state index < -0.39 is 0 Å². The highest BCUT2D eigenvalue weighted by Crippen LogP contribution is 2.29. The molecule has 1 unspecified atom stereocenters. The molecule has 3 aromatic rings. The maximum atomic E-state index is 5.70. The van der Waals surface area contributed by atoms with Crippen LogP contribution in [0, 0.1) is 6.92 Å². The minimum absolute atomic E-state index is 0.0164. The lowest BCUT2D eigenvalue weighted by molar-refractivity contribution is 0.645. The minimum atomic E-state index is 0.0164. The molecule has 0 radical (unpaired) electrons. The summed E-state index contributed by atoms with van der Waals surface area (Å²) in [6, 6.07) is 8.43. The van der Waals surface area contributed by atoms with Crippen LogP contribution in [0.3, 0.4) is 0 Å². The first-order valence-electron chi connectivity index (χ1n) is 5.63. The van der Waals surface area contributed by atoms with E-state index in [9.17, 15) is 0 Å². The van der Waals surface area contributed by atoms with Crippen LogP contribution in [0.25, 0.3) is 10.2 Å². The molecular weight excluding hydrogens is 262 g/mol. The summed E-state index contributed by atoms with van der Waals surface area (Å²) in [5.41, 5.74) is 5.03. The Morgan fingerprint density at radius 2 is 2.22 bits per heavy atom. The summed E-state index contributed by atoms with van der Waals surface area (Å²) in [5, 5.41) is 2.06. The summed E-state index contributed by atoms with van der Waals surface area (Å²) < 4.78 is 1.20. The molecule has 0 aliphatic rings. The number of nitrogens with one attached hydrogen (secondary N) is 1. The second-order valence-electron chi connectivity index (χ2n) is 4.12. The smallest absolute Gasteiger partial charge is 0.0817 e. The van der Waals surface area contributed by atoms with Gasteiger partial charge in [-0.15, -0.1) is 22.7 Å². The monoisotopic (exact) mass is 275 g/mol. The van der Waals surface area contributed by atoms with E-state index in [0.717, 1.165) is 11.1 Å². The van der Waals surface area contributed by atoms with E-state index in [1.165, 1.54) is 14.5 Å². The Balaban J connectivity index is 2.04. The average molecular weight is 275 g/mol. The number of aromatic nitrogens is 1. The van der Waals surface area contributed by atoms with Gasteiger partial charge < -0.3 is 0 Å². The number of hydrazine groups is 1. The summed E-state index contributed by atoms with van der Waals surface area (Å²) in [6.07, 6.45) is 1.90. The molecule has 18 heavy (non-hydrogen) atoms. The van der Waals surface area contributed by atoms with E-state index >= 15 is 0 Å². The van der Waals surface area contributed by atoms with Crippen LogP contribution < -0.4 is 11.3 Å². The van der Waals surface area contributed by atoms with Gasteiger partial charge in [0.2, 0.25) is 0 Å². The Morgan fingerprint density at radius 3 is 2.94 bits per heavy atom. The lowest BCUT2D eigenvalue weighted by Gasteiger charge is -2.14. The number of aryl methyl sites for hydroxylation is 1. The van der Waals surface area contributed by atoms with Crippen LogP contribution in [-0.2, 0) is 0 Å². The molecule has 0 aliphatic carbocycles. The van der Waals surface area contributed by atoms with E-state index in [1.54, 1.807) is 22.7 Å². The van der Waals surface area contributed by atoms with Crippen molar-refractivity contribution in [1.29, 1.82) is 0 Å². The number of rotatable bonds is 3. The van der Waals surface area contributed by atoms with Gasteiger partial charge in [-0.25, -0.2) is 5.43 Å². The standard InChI is InChI=1S/C13H13N3S2/c1-8-2-3-11(18-8)13(16-14)9-6-12-10(15-7-9)4-5-17-12/h2-7,13,16H,14H2,1H3. The van der Waals surface area contributed by atoms with Gasteiger partial charge in [-0.2, -0.15) is 0 Å². The van der Waals surface area contributed by atoms with E-state index in [4.69, 9.17) is 5.84 Å². The highest BCUT2D eigenvalue weighted by molar-refractivity contribution is 7.17. The third-order valence-electron chi connectivity index (χ3n) is 2.87. The normalized spacial score (nSPS) is 13.0. The Morgan fingerprint density at radius 1 is 1.33 bits per heavy atom. The summed E-state index contributed by atoms with van der Waals surface area (Å²) >= 11 is 3.46. The van der Waals surface area contributed by atoms with Crippen LogP contribution in [0.2, 0.25) is 0 Å². The van der Waals surface area contributed by atoms with Crippen molar-refractivity contribution in [2.75, 3.05) is 0 Å². The molecule has 0 saturated carbocycles. The van der Waals surface area contributed by atoms with Crippen LogP contribution >= 0.6 is 22.7 Å². The van der Waals surface area contributed by atoms with Crippen molar-refractivity contribution >= 4 is 32.9 Å². The molecule has 0 aliphatic heterocycles. The fraction of sp³-hybridized carbons (Fsp3) is 0.154. The fourth-order valence-electron chi connectivity index (χ4n) is 1.97. The largest absolute Gasteiger partial charge is 0.271 e. The number of fused-ring (bicyclic) bond motifs is 1. The number of nitrogens with zero attached hydrogens (tertiary/aromatic N) is 1. The van der Waals surface area contributed by atoms with Crippen molar-refractivity contribution in [2.24, 2.45) is 5.84 Å². The summed E-state index contributed by atoms with van der Waals surface area (Å²) in [7, 11) is 0. The van der Waals surface area contributed by atoms with E-state index in [2.05, 4.69) is 40.9 Å². The minimum Gasteiger partial charge on any atom is -0.271 e. The predicted octanol–water partition coefficient (Wildman–Crippen LogP) is 3.22. The topological polar surface area (TPSA) is 50.9 Å². The zero-order valence-corrected chi connectivity index (χ0v) is 11.5. The first-order chi connectivity index (χ1) is 8.78. The third-order valence-corrected chi connectivity index (χ3v) is 4.79. The van der Waals surface area contributed by atoms with Crippen molar-refractivity contribution in [1.82, 2.24) is 10.4 Å². The van der Waals surface area contributed by atoms with E-state index in [0.29, 0.717) is 0 Å². The fourth-order valence-corrected chi connectivity index (χ4v) is 3.73. The van der Waals surface area contributed by atoms with Gasteiger partial charge in [0.15, 0.2) is 0 Å². The third kappa shape index (κ3) is 2.06. The quantitative estimate of drug-likeness (QED) is 0.570. The number of hydrogen-bond donors (Lipinski definition) is 2. The van der Waals surface area contributed by atoms with Crippen molar-refractivity contribution in [3.63, 3.8) is 0 Å². The van der Waals surface area contributed by atoms with Gasteiger partial charge in [-0.3, -0.25) is 10.8 Å². The van der Waals surface area contributed by atoms with Crippen molar-refractivity contribution in [2.45, 2.75) is 13.0 Å². The Bertz CT molecular complexity index is 671. The van der Waals surface area contributed by atoms with Gasteiger partial charge in [-0.1, -0.05) is 0 Å². The number of thiophene rings is 2. The molecule has 5 heteroatoms. The Hall–Kier alpha value is -1.27. The van der Waals surface area contributed by atoms with Crippen LogP contribution in [0.5, 0.6) is 0 Å². The van der Waals surface area contributed by atoms with Crippen molar-refractivity contribution in [3.8, 4) is 0 Å². The number of hydrogen-bond acceptors (Lipinski definition) is 5. The maximum absolute atomic E-state index is 5.70. The number of pyridine rings is 1. The van der Waals surface area contributed by atoms with Crippen LogP contribution in [-0.4, -0.2) is 4.98 Å². The summed E-state index contributed by atoms with van der Waals surface area (Å²) in [4.78, 5) is 6.96. The zero-order valence-electron chi connectivity index (χ0n) is 9.88. The molecule has 0 bridgehead atoms. The Kier molecular flexibility index (Phi) is 3.13. The molecule has 0 aromatic carbocycles. The van der Waals surface area contributed by atoms with Crippen molar-refractivity contribution < 1.29 is 0 Å². The highest BCUT2D eigenvalue weighted by Gasteiger charge is 2.15. The predicted molar refractivity (Wildman–Crippen MR) is 77.8 cm³/mol. The Labute approximate surface area is 113 Å². The molecule has 0 saturated heterocycles. The molecule has 0 spiro atoms. The van der Waals surface area contributed by atoms with Gasteiger partial charge in [0.1, 0.15) is 0 Å². The van der Waals surface area contributed by atoms with Gasteiger partial charge in [0, 0.05) is 16.0 Å². The van der Waals surface area contributed by atoms with Gasteiger partial charge in [0.05, 0.1) is 16.3 Å². The van der Waals surface area contributed by atoms with Crippen LogP contribution in [0.15, 0.2) is 35.8 Å². The molecule has 1 atom stereocenters. The van der Waals surface area contributed by atoms with Crippen LogP contribution in [0.4, 0.5) is 0 Å². The molecule has 3 N–H and O–H groups in total. The van der Waals surface area contributed by atoms with Gasteiger partial charge >= 0.3 is 0 Å². The molecular formula is C13H13N3S2. The zero-order chi connectivity index (χ0) is 12.5. The highest BCUT2D eigenvalue weighted by atomic mass is 32.1. The molecule has 3 rings (SSSR count). The SMILES string of the molecule is Cc1ccc(C(NN)c2cnc3ccsc3c2)s1. The van der Waals surface area contributed by atoms with E-state index in [-0.39, 0.29) is 6.04 Å². The summed E-state index contributed by atoms with van der Waals surface area (Å²) in [6.45, 7) is 2.10. The van der Waals surface area contributed by atoms with Crippen molar-refractivity contribution in [3.05, 3.63) is 51.2 Å². The maximum Gasteiger partial charge on any atom is 0.0817 e. The molecule has 3 aromatic heterocycles. The average Bonchev–Trinajstić information content (AvgIpc) is 2.99. The second-order valence-corrected chi connectivity index (χ2v) is 6.39. The first-order valence-corrected chi connectivity index (χ1v) is 7.33. The first kappa shape index (κ1) is 11.8. The molecule has 92 valence electrons. The lowest BCUT2D eigenvalue weighted by atomic mass is 10.1. The van der Waals surface area contributed by atoms with Crippen LogP contribution in [0.1, 0.15) is 21.4 Å². The van der Waals surface area contributed by atoms with E-state index in [1.807, 2.05) is 12.3 Å². The lowest BCUT2D eigenvalue weighted by Crippen LogP contribution is -2.28. The second kappa shape index (κ2) is 4.78. The molecule has 3 nitrogen and oxygen atoms in total.